The highest BCUT2D eigenvalue weighted by Gasteiger charge is 2.22. The lowest BCUT2D eigenvalue weighted by Gasteiger charge is -2.15. The molecule has 1 aromatic carbocycles. The molecule has 1 aliphatic heterocycles. The van der Waals surface area contributed by atoms with E-state index < -0.39 is 4.92 Å². The van der Waals surface area contributed by atoms with Crippen LogP contribution in [-0.2, 0) is 11.3 Å². The molecule has 0 bridgehead atoms. The zero-order valence-corrected chi connectivity index (χ0v) is 10.9. The summed E-state index contributed by atoms with van der Waals surface area (Å²) < 4.78 is 5.29. The first-order valence-electron chi connectivity index (χ1n) is 5.78. The number of likely N-dealkylation sites (tertiary alicyclic amines) is 1. The number of benzene rings is 1. The maximum absolute atomic E-state index is 10.8. The molecule has 1 saturated heterocycles. The minimum atomic E-state index is -0.451. The van der Waals surface area contributed by atoms with Crippen molar-refractivity contribution in [3.05, 3.63) is 38.9 Å². The summed E-state index contributed by atoms with van der Waals surface area (Å²) in [7, 11) is 1.71. The molecule has 1 fully saturated rings. The van der Waals surface area contributed by atoms with Gasteiger partial charge in [0.1, 0.15) is 5.02 Å². The van der Waals surface area contributed by atoms with Crippen LogP contribution in [0.5, 0.6) is 0 Å². The second kappa shape index (κ2) is 5.65. The Balaban J connectivity index is 2.06. The highest BCUT2D eigenvalue weighted by molar-refractivity contribution is 6.32. The predicted octanol–water partition coefficient (Wildman–Crippen LogP) is 2.47. The molecule has 0 aliphatic carbocycles. The van der Waals surface area contributed by atoms with E-state index in [-0.39, 0.29) is 16.8 Å². The van der Waals surface area contributed by atoms with E-state index >= 15 is 0 Å². The zero-order chi connectivity index (χ0) is 13.1. The maximum atomic E-state index is 10.8. The lowest BCUT2D eigenvalue weighted by Crippen LogP contribution is -2.22. The van der Waals surface area contributed by atoms with Crippen LogP contribution in [0.3, 0.4) is 0 Å². The van der Waals surface area contributed by atoms with Crippen molar-refractivity contribution < 1.29 is 9.66 Å². The van der Waals surface area contributed by atoms with E-state index in [2.05, 4.69) is 4.90 Å². The fraction of sp³-hybridized carbons (Fsp3) is 0.500. The lowest BCUT2D eigenvalue weighted by molar-refractivity contribution is -0.384. The first-order chi connectivity index (χ1) is 8.60. The number of methoxy groups -OCH3 is 1. The third kappa shape index (κ3) is 2.98. The summed E-state index contributed by atoms with van der Waals surface area (Å²) in [6.07, 6.45) is 1.28. The van der Waals surface area contributed by atoms with E-state index in [4.69, 9.17) is 16.3 Å². The maximum Gasteiger partial charge on any atom is 0.288 e. The van der Waals surface area contributed by atoms with Gasteiger partial charge >= 0.3 is 0 Å². The fourth-order valence-electron chi connectivity index (χ4n) is 2.19. The second-order valence-electron chi connectivity index (χ2n) is 4.42. The number of ether oxygens (including phenoxy) is 1. The molecule has 0 radical (unpaired) electrons. The fourth-order valence-corrected chi connectivity index (χ4v) is 2.37. The first kappa shape index (κ1) is 13.3. The Hall–Kier alpha value is -1.17. The van der Waals surface area contributed by atoms with E-state index in [0.29, 0.717) is 6.54 Å². The number of nitro benzene ring substituents is 1. The van der Waals surface area contributed by atoms with E-state index in [1.54, 1.807) is 19.2 Å². The summed E-state index contributed by atoms with van der Waals surface area (Å²) in [6, 6.07) is 4.96. The van der Waals surface area contributed by atoms with Gasteiger partial charge in [0, 0.05) is 32.8 Å². The molecule has 6 heteroatoms. The van der Waals surface area contributed by atoms with Gasteiger partial charge < -0.3 is 4.74 Å². The Kier molecular flexibility index (Phi) is 4.16. The van der Waals surface area contributed by atoms with Gasteiger partial charge in [-0.3, -0.25) is 15.0 Å². The predicted molar refractivity (Wildman–Crippen MR) is 68.8 cm³/mol. The molecule has 0 saturated carbocycles. The lowest BCUT2D eigenvalue weighted by atomic mass is 10.2. The van der Waals surface area contributed by atoms with Crippen molar-refractivity contribution in [2.75, 3.05) is 20.2 Å². The van der Waals surface area contributed by atoms with Crippen molar-refractivity contribution >= 4 is 17.3 Å². The molecule has 0 N–H and O–H groups in total. The molecule has 0 spiro atoms. The topological polar surface area (TPSA) is 55.6 Å². The molecule has 1 heterocycles. The molecule has 98 valence electrons. The molecule has 1 unspecified atom stereocenters. The van der Waals surface area contributed by atoms with Gasteiger partial charge in [-0.1, -0.05) is 17.7 Å². The average molecular weight is 271 g/mol. The Bertz CT molecular complexity index is 453. The third-order valence-electron chi connectivity index (χ3n) is 3.18. The number of hydrogen-bond acceptors (Lipinski definition) is 4. The van der Waals surface area contributed by atoms with Gasteiger partial charge in [0.25, 0.3) is 5.69 Å². The number of rotatable bonds is 4. The molecule has 0 aromatic heterocycles. The van der Waals surface area contributed by atoms with Gasteiger partial charge in [-0.05, 0) is 18.1 Å². The summed E-state index contributed by atoms with van der Waals surface area (Å²) in [5, 5.41) is 11.0. The highest BCUT2D eigenvalue weighted by Crippen LogP contribution is 2.26. The van der Waals surface area contributed by atoms with Crippen LogP contribution in [0.2, 0.25) is 5.02 Å². The molecule has 5 nitrogen and oxygen atoms in total. The summed E-state index contributed by atoms with van der Waals surface area (Å²) in [5.74, 6) is 0. The van der Waals surface area contributed by atoms with E-state index in [1.807, 2.05) is 6.07 Å². The standard InChI is InChI=1S/C12H15ClN2O3/c1-18-10-4-5-14(8-10)7-9-2-3-11(13)12(6-9)15(16)17/h2-3,6,10H,4-5,7-8H2,1H3. The molecule has 1 aliphatic rings. The quantitative estimate of drug-likeness (QED) is 0.623. The van der Waals surface area contributed by atoms with Crippen LogP contribution in [-0.4, -0.2) is 36.1 Å². The summed E-state index contributed by atoms with van der Waals surface area (Å²) in [6.45, 7) is 2.51. The molecule has 1 atom stereocenters. The average Bonchev–Trinajstić information content (AvgIpc) is 2.79. The van der Waals surface area contributed by atoms with Gasteiger partial charge in [-0.25, -0.2) is 0 Å². The largest absolute Gasteiger partial charge is 0.380 e. The first-order valence-corrected chi connectivity index (χ1v) is 6.16. The van der Waals surface area contributed by atoms with Crippen molar-refractivity contribution in [3.8, 4) is 0 Å². The van der Waals surface area contributed by atoms with Crippen LogP contribution in [0.25, 0.3) is 0 Å². The Morgan fingerprint density at radius 1 is 1.61 bits per heavy atom. The summed E-state index contributed by atoms with van der Waals surface area (Å²) in [4.78, 5) is 12.6. The SMILES string of the molecule is COC1CCN(Cc2ccc(Cl)c([N+](=O)[O-])c2)C1. The van der Waals surface area contributed by atoms with Crippen LogP contribution >= 0.6 is 11.6 Å². The molecular weight excluding hydrogens is 256 g/mol. The molecular formula is C12H15ClN2O3. The van der Waals surface area contributed by atoms with Gasteiger partial charge in [0.2, 0.25) is 0 Å². The third-order valence-corrected chi connectivity index (χ3v) is 3.50. The summed E-state index contributed by atoms with van der Waals surface area (Å²) >= 11 is 5.78. The molecule has 2 rings (SSSR count). The minimum Gasteiger partial charge on any atom is -0.380 e. The highest BCUT2D eigenvalue weighted by atomic mass is 35.5. The molecule has 1 aromatic rings. The van der Waals surface area contributed by atoms with Gasteiger partial charge in [0.05, 0.1) is 11.0 Å². The zero-order valence-electron chi connectivity index (χ0n) is 10.1. The van der Waals surface area contributed by atoms with E-state index in [1.165, 1.54) is 0 Å². The van der Waals surface area contributed by atoms with Gasteiger partial charge in [-0.15, -0.1) is 0 Å². The van der Waals surface area contributed by atoms with Crippen LogP contribution in [0.4, 0.5) is 5.69 Å². The van der Waals surface area contributed by atoms with Crippen molar-refractivity contribution in [2.24, 2.45) is 0 Å². The smallest absolute Gasteiger partial charge is 0.288 e. The van der Waals surface area contributed by atoms with E-state index in [9.17, 15) is 10.1 Å². The normalized spacial score (nSPS) is 20.2. The summed E-state index contributed by atoms with van der Waals surface area (Å²) in [5.41, 5.74) is 0.875. The Morgan fingerprint density at radius 3 is 3.00 bits per heavy atom. The van der Waals surface area contributed by atoms with Crippen LogP contribution in [0, 0.1) is 10.1 Å². The van der Waals surface area contributed by atoms with Gasteiger partial charge in [-0.2, -0.15) is 0 Å². The number of nitro groups is 1. The number of hydrogen-bond donors (Lipinski definition) is 0. The van der Waals surface area contributed by atoms with Crippen molar-refractivity contribution in [3.63, 3.8) is 0 Å². The van der Waals surface area contributed by atoms with Gasteiger partial charge in [0.15, 0.2) is 0 Å². The minimum absolute atomic E-state index is 0.0309. The van der Waals surface area contributed by atoms with Crippen LogP contribution < -0.4 is 0 Å². The van der Waals surface area contributed by atoms with Crippen molar-refractivity contribution in [1.82, 2.24) is 4.90 Å². The van der Waals surface area contributed by atoms with E-state index in [0.717, 1.165) is 25.1 Å². The Labute approximate surface area is 110 Å². The van der Waals surface area contributed by atoms with Crippen molar-refractivity contribution in [2.45, 2.75) is 19.1 Å². The van der Waals surface area contributed by atoms with Crippen LogP contribution in [0.1, 0.15) is 12.0 Å². The van der Waals surface area contributed by atoms with Crippen LogP contribution in [0.15, 0.2) is 18.2 Å². The Morgan fingerprint density at radius 2 is 2.39 bits per heavy atom. The van der Waals surface area contributed by atoms with Crippen molar-refractivity contribution in [1.29, 1.82) is 0 Å². The second-order valence-corrected chi connectivity index (χ2v) is 4.83. The molecule has 18 heavy (non-hydrogen) atoms. The monoisotopic (exact) mass is 270 g/mol. The number of nitrogens with zero attached hydrogens (tertiary/aromatic N) is 2. The number of halogens is 1. The molecule has 0 amide bonds.